The van der Waals surface area contributed by atoms with Crippen LogP contribution in [-0.4, -0.2) is 43.1 Å². The number of benzene rings is 1. The van der Waals surface area contributed by atoms with Gasteiger partial charge < -0.3 is 9.73 Å². The van der Waals surface area contributed by atoms with Crippen LogP contribution in [0.15, 0.2) is 45.7 Å². The molecular weight excluding hydrogens is 435 g/mol. The molecule has 168 valence electrons. The van der Waals surface area contributed by atoms with Crippen molar-refractivity contribution in [1.82, 2.24) is 14.9 Å². The molecule has 0 saturated heterocycles. The van der Waals surface area contributed by atoms with E-state index in [0.29, 0.717) is 41.9 Å². The van der Waals surface area contributed by atoms with Crippen molar-refractivity contribution in [2.24, 2.45) is 0 Å². The minimum absolute atomic E-state index is 0.0272. The number of halogens is 3. The maximum absolute atomic E-state index is 12.8. The molecule has 1 aromatic carbocycles. The highest BCUT2D eigenvalue weighted by Gasteiger charge is 2.30. The van der Waals surface area contributed by atoms with E-state index >= 15 is 0 Å². The van der Waals surface area contributed by atoms with Crippen LogP contribution in [-0.2, 0) is 16.0 Å². The molecule has 11 heteroatoms. The molecule has 2 heterocycles. The Morgan fingerprint density at radius 2 is 1.94 bits per heavy atom. The number of oxazole rings is 1. The second kappa shape index (κ2) is 8.83. The molecule has 0 aliphatic rings. The van der Waals surface area contributed by atoms with E-state index in [0.717, 1.165) is 18.5 Å². The molecule has 0 saturated carbocycles. The number of alkyl halides is 3. The summed E-state index contributed by atoms with van der Waals surface area (Å²) < 4.78 is 67.4. The standard InChI is InChI=1S/C20H22F3N3O4S/c1-13(7-8-24-9-10-31(2,28)29)26-17-11-14(3-6-18(17)30-19(26)27)16-5-4-15(12-25-16)20(21,22)23/h3-6,11-13,24H,7-10H2,1-2H3. The van der Waals surface area contributed by atoms with Crippen molar-refractivity contribution in [3.8, 4) is 11.3 Å². The first-order chi connectivity index (χ1) is 14.5. The van der Waals surface area contributed by atoms with Crippen LogP contribution in [0.4, 0.5) is 13.2 Å². The molecule has 1 unspecified atom stereocenters. The zero-order chi connectivity index (χ0) is 22.8. The number of aromatic nitrogens is 2. The zero-order valence-electron chi connectivity index (χ0n) is 16.9. The normalized spacial score (nSPS) is 13.6. The smallest absolute Gasteiger partial charge is 0.408 e. The Bertz CT molecular complexity index is 1220. The highest BCUT2D eigenvalue weighted by molar-refractivity contribution is 7.90. The Kier molecular flexibility index (Phi) is 6.56. The van der Waals surface area contributed by atoms with E-state index < -0.39 is 27.3 Å². The fourth-order valence-corrected chi connectivity index (χ4v) is 3.68. The lowest BCUT2D eigenvalue weighted by atomic mass is 10.1. The number of rotatable bonds is 8. The molecule has 0 fully saturated rings. The predicted molar refractivity (Wildman–Crippen MR) is 111 cm³/mol. The van der Waals surface area contributed by atoms with Crippen molar-refractivity contribution < 1.29 is 26.0 Å². The third kappa shape index (κ3) is 5.73. The monoisotopic (exact) mass is 457 g/mol. The topological polar surface area (TPSA) is 94.2 Å². The first kappa shape index (κ1) is 23.0. The van der Waals surface area contributed by atoms with Crippen LogP contribution >= 0.6 is 0 Å². The van der Waals surface area contributed by atoms with Crippen LogP contribution in [0.5, 0.6) is 0 Å². The summed E-state index contributed by atoms with van der Waals surface area (Å²) >= 11 is 0. The van der Waals surface area contributed by atoms with Gasteiger partial charge in [0, 0.05) is 30.6 Å². The molecule has 0 bridgehead atoms. The van der Waals surface area contributed by atoms with E-state index in [9.17, 15) is 26.4 Å². The van der Waals surface area contributed by atoms with Gasteiger partial charge in [-0.15, -0.1) is 0 Å². The van der Waals surface area contributed by atoms with Crippen LogP contribution in [0.25, 0.3) is 22.4 Å². The summed E-state index contributed by atoms with van der Waals surface area (Å²) in [5.74, 6) is -0.518. The van der Waals surface area contributed by atoms with E-state index in [1.165, 1.54) is 10.6 Å². The number of fused-ring (bicyclic) bond motifs is 1. The molecule has 3 aromatic rings. The maximum Gasteiger partial charge on any atom is 0.420 e. The van der Waals surface area contributed by atoms with Gasteiger partial charge >= 0.3 is 11.9 Å². The fraction of sp³-hybridized carbons (Fsp3) is 0.400. The molecule has 1 atom stereocenters. The van der Waals surface area contributed by atoms with Gasteiger partial charge in [0.25, 0.3) is 0 Å². The van der Waals surface area contributed by atoms with Crippen molar-refractivity contribution in [1.29, 1.82) is 0 Å². The van der Waals surface area contributed by atoms with Gasteiger partial charge in [0.2, 0.25) is 0 Å². The van der Waals surface area contributed by atoms with Gasteiger partial charge in [-0.1, -0.05) is 0 Å². The molecule has 0 amide bonds. The Morgan fingerprint density at radius 1 is 1.19 bits per heavy atom. The van der Waals surface area contributed by atoms with Crippen LogP contribution in [0, 0.1) is 0 Å². The summed E-state index contributed by atoms with van der Waals surface area (Å²) in [4.78, 5) is 16.3. The lowest BCUT2D eigenvalue weighted by Crippen LogP contribution is -2.26. The van der Waals surface area contributed by atoms with Gasteiger partial charge in [0.15, 0.2) is 5.58 Å². The Hall–Kier alpha value is -2.66. The second-order valence-electron chi connectivity index (χ2n) is 7.37. The fourth-order valence-electron chi connectivity index (χ4n) is 3.17. The number of hydrogen-bond acceptors (Lipinski definition) is 6. The number of sulfone groups is 1. The minimum Gasteiger partial charge on any atom is -0.408 e. The molecule has 3 rings (SSSR count). The molecule has 1 N–H and O–H groups in total. The van der Waals surface area contributed by atoms with E-state index in [1.54, 1.807) is 18.2 Å². The van der Waals surface area contributed by atoms with Crippen LogP contribution in [0.1, 0.15) is 24.9 Å². The number of nitrogens with zero attached hydrogens (tertiary/aromatic N) is 2. The molecule has 0 radical (unpaired) electrons. The maximum atomic E-state index is 12.8. The summed E-state index contributed by atoms with van der Waals surface area (Å²) in [5, 5.41) is 3.03. The van der Waals surface area contributed by atoms with Gasteiger partial charge in [0.05, 0.1) is 22.5 Å². The molecular formula is C20H22F3N3O4S. The lowest BCUT2D eigenvalue weighted by molar-refractivity contribution is -0.137. The average molecular weight is 457 g/mol. The van der Waals surface area contributed by atoms with Crippen LogP contribution in [0.3, 0.4) is 0 Å². The first-order valence-corrected chi connectivity index (χ1v) is 11.6. The second-order valence-corrected chi connectivity index (χ2v) is 9.63. The van der Waals surface area contributed by atoms with Gasteiger partial charge in [0.1, 0.15) is 9.84 Å². The highest BCUT2D eigenvalue weighted by atomic mass is 32.2. The number of pyridine rings is 1. The summed E-state index contributed by atoms with van der Waals surface area (Å²) in [7, 11) is -3.05. The zero-order valence-corrected chi connectivity index (χ0v) is 17.8. The predicted octanol–water partition coefficient (Wildman–Crippen LogP) is 3.26. The van der Waals surface area contributed by atoms with E-state index in [2.05, 4.69) is 10.3 Å². The summed E-state index contributed by atoms with van der Waals surface area (Å²) in [6, 6.07) is 6.85. The van der Waals surface area contributed by atoms with Crippen LogP contribution < -0.4 is 11.1 Å². The molecule has 0 aliphatic heterocycles. The van der Waals surface area contributed by atoms with Crippen LogP contribution in [0.2, 0.25) is 0 Å². The summed E-state index contributed by atoms with van der Waals surface area (Å²) in [5.41, 5.74) is 0.916. The SMILES string of the molecule is CC(CCNCCS(C)(=O)=O)n1c(=O)oc2ccc(-c3ccc(C(F)(F)F)cn3)cc21. The largest absolute Gasteiger partial charge is 0.420 e. The summed E-state index contributed by atoms with van der Waals surface area (Å²) in [6.45, 7) is 2.64. The third-order valence-corrected chi connectivity index (χ3v) is 5.77. The van der Waals surface area contributed by atoms with Gasteiger partial charge in [-0.05, 0) is 50.2 Å². The van der Waals surface area contributed by atoms with E-state index in [1.807, 2.05) is 6.92 Å². The molecule has 7 nitrogen and oxygen atoms in total. The third-order valence-electron chi connectivity index (χ3n) is 4.83. The van der Waals surface area contributed by atoms with E-state index in [-0.39, 0.29) is 11.8 Å². The van der Waals surface area contributed by atoms with Gasteiger partial charge in [-0.3, -0.25) is 9.55 Å². The Morgan fingerprint density at radius 3 is 2.55 bits per heavy atom. The molecule has 0 spiro atoms. The molecule has 0 aliphatic carbocycles. The van der Waals surface area contributed by atoms with Crippen molar-refractivity contribution in [2.45, 2.75) is 25.6 Å². The molecule has 2 aromatic heterocycles. The number of hydrogen-bond donors (Lipinski definition) is 1. The number of nitrogens with one attached hydrogen (secondary N) is 1. The Labute approximate surface area is 176 Å². The quantitative estimate of drug-likeness (QED) is 0.522. The average Bonchev–Trinajstić information content (AvgIpc) is 3.01. The van der Waals surface area contributed by atoms with Gasteiger partial charge in [-0.2, -0.15) is 13.2 Å². The minimum atomic E-state index is -4.47. The highest BCUT2D eigenvalue weighted by Crippen LogP contribution is 2.30. The molecule has 31 heavy (non-hydrogen) atoms. The van der Waals surface area contributed by atoms with Gasteiger partial charge in [-0.25, -0.2) is 13.2 Å². The first-order valence-electron chi connectivity index (χ1n) is 9.53. The van der Waals surface area contributed by atoms with Crippen molar-refractivity contribution in [3.05, 3.63) is 52.6 Å². The van der Waals surface area contributed by atoms with E-state index in [4.69, 9.17) is 4.42 Å². The van der Waals surface area contributed by atoms with Crippen molar-refractivity contribution >= 4 is 20.9 Å². The lowest BCUT2D eigenvalue weighted by Gasteiger charge is -2.13. The summed E-state index contributed by atoms with van der Waals surface area (Å²) in [6.07, 6.45) is -1.99. The Balaban J connectivity index is 1.80. The van der Waals surface area contributed by atoms with Crippen molar-refractivity contribution in [3.63, 3.8) is 0 Å². The van der Waals surface area contributed by atoms with Crippen molar-refractivity contribution in [2.75, 3.05) is 25.1 Å².